The normalized spacial score (nSPS) is 18.5. The third-order valence-electron chi connectivity index (χ3n) is 2.05. The van der Waals surface area contributed by atoms with Gasteiger partial charge in [0, 0.05) is 10.9 Å². The van der Waals surface area contributed by atoms with Gasteiger partial charge in [0.05, 0.1) is 4.34 Å². The molecule has 0 amide bonds. The molecule has 1 aliphatic carbocycles. The molecule has 0 saturated heterocycles. The zero-order valence-corrected chi connectivity index (χ0v) is 8.88. The summed E-state index contributed by atoms with van der Waals surface area (Å²) in [4.78, 5) is 1.23. The number of halogens is 2. The van der Waals surface area contributed by atoms with E-state index in [-0.39, 0.29) is 18.4 Å². The van der Waals surface area contributed by atoms with Crippen molar-refractivity contribution in [3.63, 3.8) is 0 Å². The van der Waals surface area contributed by atoms with Crippen molar-refractivity contribution in [3.05, 3.63) is 21.3 Å². The first kappa shape index (κ1) is 10.3. The standard InChI is InChI=1S/C8H10ClNS.ClH/c9-7-4-3-6(11-7)8(10)5-1-2-5;/h3-5,8H,1-2,10H2;1H/t8-;/m1./s1. The minimum atomic E-state index is 0. The topological polar surface area (TPSA) is 26.0 Å². The van der Waals surface area contributed by atoms with Gasteiger partial charge in [0.2, 0.25) is 0 Å². The second-order valence-corrected chi connectivity index (χ2v) is 4.75. The highest BCUT2D eigenvalue weighted by atomic mass is 35.5. The Kier molecular flexibility index (Phi) is 3.41. The Morgan fingerprint density at radius 1 is 1.50 bits per heavy atom. The molecule has 2 rings (SSSR count). The van der Waals surface area contributed by atoms with E-state index in [1.54, 1.807) is 11.3 Å². The summed E-state index contributed by atoms with van der Waals surface area (Å²) in [6.07, 6.45) is 2.58. The SMILES string of the molecule is Cl.N[C@@H](c1ccc(Cl)s1)C1CC1. The van der Waals surface area contributed by atoms with Crippen LogP contribution in [0.25, 0.3) is 0 Å². The van der Waals surface area contributed by atoms with Gasteiger partial charge in [0.15, 0.2) is 0 Å². The Hall–Kier alpha value is 0.240. The first-order valence-electron chi connectivity index (χ1n) is 3.78. The zero-order valence-electron chi connectivity index (χ0n) is 6.50. The average Bonchev–Trinajstić information content (AvgIpc) is 2.74. The number of rotatable bonds is 2. The predicted octanol–water partition coefficient (Wildman–Crippen LogP) is 3.23. The van der Waals surface area contributed by atoms with E-state index < -0.39 is 0 Å². The lowest BCUT2D eigenvalue weighted by Crippen LogP contribution is -2.10. The van der Waals surface area contributed by atoms with Crippen LogP contribution in [0.1, 0.15) is 23.8 Å². The van der Waals surface area contributed by atoms with E-state index in [0.717, 1.165) is 10.3 Å². The van der Waals surface area contributed by atoms with Crippen LogP contribution in [-0.2, 0) is 0 Å². The molecule has 0 aromatic carbocycles. The Morgan fingerprint density at radius 3 is 2.58 bits per heavy atom. The van der Waals surface area contributed by atoms with E-state index in [1.165, 1.54) is 17.7 Å². The molecule has 0 bridgehead atoms. The van der Waals surface area contributed by atoms with E-state index in [1.807, 2.05) is 12.1 Å². The third kappa shape index (κ3) is 2.13. The van der Waals surface area contributed by atoms with Gasteiger partial charge in [-0.15, -0.1) is 23.7 Å². The van der Waals surface area contributed by atoms with Crippen LogP contribution in [0.15, 0.2) is 12.1 Å². The minimum absolute atomic E-state index is 0. The summed E-state index contributed by atoms with van der Waals surface area (Å²) >= 11 is 7.40. The molecule has 1 aromatic rings. The molecule has 1 nitrogen and oxygen atoms in total. The maximum absolute atomic E-state index is 5.97. The van der Waals surface area contributed by atoms with Gasteiger partial charge >= 0.3 is 0 Å². The predicted molar refractivity (Wildman–Crippen MR) is 56.2 cm³/mol. The number of nitrogens with two attached hydrogens (primary N) is 1. The Labute approximate surface area is 87.3 Å². The van der Waals surface area contributed by atoms with Crippen molar-refractivity contribution in [3.8, 4) is 0 Å². The highest BCUT2D eigenvalue weighted by molar-refractivity contribution is 7.16. The van der Waals surface area contributed by atoms with Crippen LogP contribution in [0.3, 0.4) is 0 Å². The van der Waals surface area contributed by atoms with E-state index >= 15 is 0 Å². The Balaban J connectivity index is 0.000000720. The molecule has 1 aromatic heterocycles. The van der Waals surface area contributed by atoms with Gasteiger partial charge < -0.3 is 5.73 Å². The van der Waals surface area contributed by atoms with Crippen molar-refractivity contribution in [2.75, 3.05) is 0 Å². The van der Waals surface area contributed by atoms with Crippen molar-refractivity contribution in [2.45, 2.75) is 18.9 Å². The number of thiophene rings is 1. The lowest BCUT2D eigenvalue weighted by Gasteiger charge is -2.05. The zero-order chi connectivity index (χ0) is 7.84. The summed E-state index contributed by atoms with van der Waals surface area (Å²) in [5.74, 6) is 0.727. The fourth-order valence-corrected chi connectivity index (χ4v) is 2.35. The first-order chi connectivity index (χ1) is 5.27. The molecule has 1 saturated carbocycles. The molecule has 68 valence electrons. The van der Waals surface area contributed by atoms with Crippen LogP contribution < -0.4 is 5.73 Å². The largest absolute Gasteiger partial charge is 0.323 e. The minimum Gasteiger partial charge on any atom is -0.323 e. The van der Waals surface area contributed by atoms with Crippen LogP contribution >= 0.6 is 35.3 Å². The summed E-state index contributed by atoms with van der Waals surface area (Å²) in [6, 6.07) is 4.20. The van der Waals surface area contributed by atoms with E-state index in [2.05, 4.69) is 0 Å². The Bertz CT molecular complexity index is 257. The van der Waals surface area contributed by atoms with E-state index in [9.17, 15) is 0 Å². The van der Waals surface area contributed by atoms with Gasteiger partial charge in [0.25, 0.3) is 0 Å². The van der Waals surface area contributed by atoms with Crippen molar-refractivity contribution < 1.29 is 0 Å². The molecule has 0 unspecified atom stereocenters. The smallest absolute Gasteiger partial charge is 0.0931 e. The Morgan fingerprint density at radius 2 is 2.17 bits per heavy atom. The molecule has 1 aliphatic rings. The molecule has 0 spiro atoms. The van der Waals surface area contributed by atoms with Crippen molar-refractivity contribution in [1.29, 1.82) is 0 Å². The van der Waals surface area contributed by atoms with Crippen LogP contribution in [0.2, 0.25) is 4.34 Å². The fraction of sp³-hybridized carbons (Fsp3) is 0.500. The molecule has 0 radical (unpaired) electrons. The van der Waals surface area contributed by atoms with Gasteiger partial charge in [-0.05, 0) is 30.9 Å². The monoisotopic (exact) mass is 223 g/mol. The van der Waals surface area contributed by atoms with Gasteiger partial charge in [-0.1, -0.05) is 11.6 Å². The maximum Gasteiger partial charge on any atom is 0.0931 e. The second kappa shape index (κ2) is 3.97. The lowest BCUT2D eigenvalue weighted by atomic mass is 10.2. The van der Waals surface area contributed by atoms with Gasteiger partial charge in [0.1, 0.15) is 0 Å². The molecule has 0 aliphatic heterocycles. The van der Waals surface area contributed by atoms with Crippen LogP contribution in [0, 0.1) is 5.92 Å². The first-order valence-corrected chi connectivity index (χ1v) is 4.97. The molecule has 12 heavy (non-hydrogen) atoms. The quantitative estimate of drug-likeness (QED) is 0.819. The highest BCUT2D eigenvalue weighted by Crippen LogP contribution is 2.41. The van der Waals surface area contributed by atoms with Crippen LogP contribution in [0.4, 0.5) is 0 Å². The summed E-state index contributed by atoms with van der Waals surface area (Å²) in [7, 11) is 0. The molecular weight excluding hydrogens is 213 g/mol. The summed E-state index contributed by atoms with van der Waals surface area (Å²) in [6.45, 7) is 0. The molecule has 2 N–H and O–H groups in total. The molecule has 1 atom stereocenters. The molecule has 4 heteroatoms. The number of hydrogen-bond donors (Lipinski definition) is 1. The lowest BCUT2D eigenvalue weighted by molar-refractivity contribution is 0.645. The third-order valence-corrected chi connectivity index (χ3v) is 3.38. The average molecular weight is 224 g/mol. The highest BCUT2D eigenvalue weighted by Gasteiger charge is 2.30. The van der Waals surface area contributed by atoms with Crippen molar-refractivity contribution >= 4 is 35.3 Å². The van der Waals surface area contributed by atoms with Gasteiger partial charge in [-0.2, -0.15) is 0 Å². The molecule has 1 fully saturated rings. The maximum atomic E-state index is 5.97. The summed E-state index contributed by atoms with van der Waals surface area (Å²) in [5.41, 5.74) is 5.97. The summed E-state index contributed by atoms with van der Waals surface area (Å²) < 4.78 is 0.844. The summed E-state index contributed by atoms with van der Waals surface area (Å²) in [5, 5.41) is 0. The van der Waals surface area contributed by atoms with Crippen molar-refractivity contribution in [2.24, 2.45) is 11.7 Å². The van der Waals surface area contributed by atoms with Crippen LogP contribution in [0.5, 0.6) is 0 Å². The molecule has 1 heterocycles. The van der Waals surface area contributed by atoms with Crippen LogP contribution in [-0.4, -0.2) is 0 Å². The number of hydrogen-bond acceptors (Lipinski definition) is 2. The molecular formula is C8H11Cl2NS. The van der Waals surface area contributed by atoms with Crippen molar-refractivity contribution in [1.82, 2.24) is 0 Å². The fourth-order valence-electron chi connectivity index (χ4n) is 1.20. The van der Waals surface area contributed by atoms with E-state index in [4.69, 9.17) is 17.3 Å². The van der Waals surface area contributed by atoms with E-state index in [0.29, 0.717) is 0 Å². The second-order valence-electron chi connectivity index (χ2n) is 3.01. The van der Waals surface area contributed by atoms with Gasteiger partial charge in [-0.25, -0.2) is 0 Å². The van der Waals surface area contributed by atoms with Gasteiger partial charge in [-0.3, -0.25) is 0 Å².